The third-order valence-corrected chi connectivity index (χ3v) is 7.39. The number of Topliss-reactive ketones (excluding diaryl/α,β-unsaturated/α-hetero) is 1. The number of aliphatic hydroxyl groups is 1. The zero-order valence-electron chi connectivity index (χ0n) is 22.6. The molecule has 1 aliphatic rings. The first-order chi connectivity index (χ1) is 19.2. The average Bonchev–Trinajstić information content (AvgIpc) is 3.49. The van der Waals surface area contributed by atoms with E-state index in [0.29, 0.717) is 27.3 Å². The lowest BCUT2D eigenvalue weighted by molar-refractivity contribution is -0.117. The minimum absolute atomic E-state index is 0.0926. The van der Waals surface area contributed by atoms with Crippen LogP contribution >= 0.6 is 11.6 Å². The van der Waals surface area contributed by atoms with E-state index in [4.69, 9.17) is 20.8 Å². The number of furan rings is 1. The number of ether oxygens (including phenoxy) is 1. The second-order valence-corrected chi connectivity index (χ2v) is 10.00. The van der Waals surface area contributed by atoms with Gasteiger partial charge in [-0.2, -0.15) is 0 Å². The molecule has 1 amide bonds. The number of aliphatic hydroxyl groups excluding tert-OH is 1. The Bertz CT molecular complexity index is 1650. The van der Waals surface area contributed by atoms with Gasteiger partial charge >= 0.3 is 0 Å². The molecule has 0 saturated carbocycles. The van der Waals surface area contributed by atoms with Crippen LogP contribution in [-0.2, 0) is 4.79 Å². The number of ketones is 1. The van der Waals surface area contributed by atoms with Crippen molar-refractivity contribution in [2.75, 3.05) is 30.0 Å². The average molecular weight is 561 g/mol. The maximum atomic E-state index is 14.0. The molecule has 2 N–H and O–H groups in total. The third kappa shape index (κ3) is 4.54. The summed E-state index contributed by atoms with van der Waals surface area (Å²) in [7, 11) is 1.46. The molecule has 8 nitrogen and oxygen atoms in total. The number of nitrogens with zero attached hydrogens (tertiary/aromatic N) is 2. The number of phenolic OH excluding ortho intramolecular Hbond substituents is 1. The molecule has 206 valence electrons. The van der Waals surface area contributed by atoms with E-state index in [1.165, 1.54) is 24.1 Å². The fraction of sp³-hybridized carbons (Fsp3) is 0.226. The molecule has 0 saturated heterocycles. The summed E-state index contributed by atoms with van der Waals surface area (Å²) in [6.07, 6.45) is 0. The van der Waals surface area contributed by atoms with Gasteiger partial charge in [0, 0.05) is 35.3 Å². The lowest BCUT2D eigenvalue weighted by Crippen LogP contribution is -2.31. The van der Waals surface area contributed by atoms with Gasteiger partial charge in [-0.3, -0.25) is 14.5 Å². The second kappa shape index (κ2) is 10.6. The molecule has 0 bridgehead atoms. The van der Waals surface area contributed by atoms with Gasteiger partial charge in [-0.15, -0.1) is 0 Å². The summed E-state index contributed by atoms with van der Waals surface area (Å²) in [4.78, 5) is 31.0. The summed E-state index contributed by atoms with van der Waals surface area (Å²) in [5, 5.41) is 22.8. The lowest BCUT2D eigenvalue weighted by Gasteiger charge is -2.28. The van der Waals surface area contributed by atoms with Crippen molar-refractivity contribution in [3.05, 3.63) is 93.9 Å². The highest BCUT2D eigenvalue weighted by Crippen LogP contribution is 2.45. The number of anilines is 2. The van der Waals surface area contributed by atoms with Crippen LogP contribution < -0.4 is 14.5 Å². The number of aryl methyl sites for hydroxylation is 1. The summed E-state index contributed by atoms with van der Waals surface area (Å²) in [6, 6.07) is 16.0. The van der Waals surface area contributed by atoms with Crippen molar-refractivity contribution in [3.8, 4) is 11.5 Å². The van der Waals surface area contributed by atoms with Crippen molar-refractivity contribution in [1.82, 2.24) is 0 Å². The molecule has 1 unspecified atom stereocenters. The van der Waals surface area contributed by atoms with Crippen LogP contribution in [0.1, 0.15) is 41.6 Å². The van der Waals surface area contributed by atoms with Gasteiger partial charge in [0.15, 0.2) is 22.9 Å². The standard InChI is InChI=1S/C31H29ClN2O6/c1-5-33(6-2)21-10-8-18(9-11-21)27-26(29(37)31(38)34(27)22-13-17(3)7-12-23(22)35)28(36)24-15-19-14-20(32)16-25(39-4)30(19)40-24/h7-16,27,35,37H,5-6H2,1-4H3. The summed E-state index contributed by atoms with van der Waals surface area (Å²) in [5.41, 5.74) is 2.67. The van der Waals surface area contributed by atoms with E-state index in [0.717, 1.165) is 24.3 Å². The van der Waals surface area contributed by atoms with E-state index >= 15 is 0 Å². The first kappa shape index (κ1) is 27.1. The van der Waals surface area contributed by atoms with Crippen molar-refractivity contribution in [2.24, 2.45) is 0 Å². The van der Waals surface area contributed by atoms with Crippen LogP contribution in [0.4, 0.5) is 11.4 Å². The number of hydrogen-bond donors (Lipinski definition) is 2. The maximum absolute atomic E-state index is 14.0. The summed E-state index contributed by atoms with van der Waals surface area (Å²) in [6.45, 7) is 7.56. The molecule has 1 atom stereocenters. The van der Waals surface area contributed by atoms with Gasteiger partial charge in [0.05, 0.1) is 24.4 Å². The number of methoxy groups -OCH3 is 1. The molecule has 0 fully saturated rings. The number of carbonyl (C=O) groups excluding carboxylic acids is 2. The van der Waals surface area contributed by atoms with Crippen molar-refractivity contribution in [1.29, 1.82) is 0 Å². The smallest absolute Gasteiger partial charge is 0.294 e. The predicted molar refractivity (Wildman–Crippen MR) is 155 cm³/mol. The number of benzene rings is 3. The van der Waals surface area contributed by atoms with Crippen LogP contribution in [0, 0.1) is 6.92 Å². The largest absolute Gasteiger partial charge is 0.506 e. The van der Waals surface area contributed by atoms with Crippen LogP contribution in [0.15, 0.2) is 76.4 Å². The summed E-state index contributed by atoms with van der Waals surface area (Å²) < 4.78 is 11.2. The molecule has 0 aliphatic carbocycles. The van der Waals surface area contributed by atoms with Crippen LogP contribution in [0.2, 0.25) is 5.02 Å². The van der Waals surface area contributed by atoms with Crippen LogP contribution in [0.3, 0.4) is 0 Å². The van der Waals surface area contributed by atoms with Crippen molar-refractivity contribution < 1.29 is 29.0 Å². The van der Waals surface area contributed by atoms with Crippen LogP contribution in [-0.4, -0.2) is 42.1 Å². The minimum atomic E-state index is -1.03. The molecule has 3 aromatic carbocycles. The van der Waals surface area contributed by atoms with Crippen molar-refractivity contribution >= 4 is 45.6 Å². The van der Waals surface area contributed by atoms with E-state index in [1.54, 1.807) is 24.3 Å². The van der Waals surface area contributed by atoms with E-state index in [2.05, 4.69) is 18.7 Å². The normalized spacial score (nSPS) is 15.3. The quantitative estimate of drug-likeness (QED) is 0.230. The number of aromatic hydroxyl groups is 1. The fourth-order valence-corrected chi connectivity index (χ4v) is 5.38. The molecular formula is C31H29ClN2O6. The Balaban J connectivity index is 1.67. The minimum Gasteiger partial charge on any atom is -0.506 e. The highest BCUT2D eigenvalue weighted by Gasteiger charge is 2.46. The Hall–Kier alpha value is -4.43. The van der Waals surface area contributed by atoms with Gasteiger partial charge in [0.1, 0.15) is 5.75 Å². The number of phenols is 1. The monoisotopic (exact) mass is 560 g/mol. The van der Waals surface area contributed by atoms with Crippen molar-refractivity contribution in [2.45, 2.75) is 26.8 Å². The van der Waals surface area contributed by atoms with Crippen LogP contribution in [0.25, 0.3) is 11.0 Å². The highest BCUT2D eigenvalue weighted by molar-refractivity contribution is 6.31. The number of fused-ring (bicyclic) bond motifs is 1. The van der Waals surface area contributed by atoms with Gasteiger partial charge in [-0.25, -0.2) is 0 Å². The Morgan fingerprint density at radius 2 is 1.75 bits per heavy atom. The molecule has 2 heterocycles. The number of amides is 1. The van der Waals surface area contributed by atoms with Gasteiger partial charge in [-0.05, 0) is 68.3 Å². The van der Waals surface area contributed by atoms with E-state index < -0.39 is 23.5 Å². The fourth-order valence-electron chi connectivity index (χ4n) is 5.17. The Labute approximate surface area is 236 Å². The van der Waals surface area contributed by atoms with Gasteiger partial charge in [0.25, 0.3) is 5.91 Å². The zero-order valence-corrected chi connectivity index (χ0v) is 23.3. The Kier molecular flexibility index (Phi) is 7.21. The molecule has 9 heteroatoms. The second-order valence-electron chi connectivity index (χ2n) is 9.56. The highest BCUT2D eigenvalue weighted by atomic mass is 35.5. The van der Waals surface area contributed by atoms with Gasteiger partial charge < -0.3 is 24.3 Å². The third-order valence-electron chi connectivity index (χ3n) is 7.17. The van der Waals surface area contributed by atoms with Crippen molar-refractivity contribution in [3.63, 3.8) is 0 Å². The van der Waals surface area contributed by atoms with Gasteiger partial charge in [0.2, 0.25) is 5.78 Å². The molecule has 1 aliphatic heterocycles. The first-order valence-electron chi connectivity index (χ1n) is 12.9. The topological polar surface area (TPSA) is 103 Å². The molecule has 1 aromatic heterocycles. The SMILES string of the molecule is CCN(CC)c1ccc(C2C(C(=O)c3cc4cc(Cl)cc(OC)c4o3)=C(O)C(=O)N2c2cc(C)ccc2O)cc1. The molecule has 5 rings (SSSR count). The summed E-state index contributed by atoms with van der Waals surface area (Å²) >= 11 is 6.20. The first-order valence-corrected chi connectivity index (χ1v) is 13.3. The maximum Gasteiger partial charge on any atom is 0.294 e. The predicted octanol–water partition coefficient (Wildman–Crippen LogP) is 6.74. The number of hydrogen-bond acceptors (Lipinski definition) is 7. The lowest BCUT2D eigenvalue weighted by atomic mass is 9.94. The van der Waals surface area contributed by atoms with E-state index in [1.807, 2.05) is 31.2 Å². The molecule has 40 heavy (non-hydrogen) atoms. The number of rotatable bonds is 8. The molecule has 0 spiro atoms. The van der Waals surface area contributed by atoms with Crippen LogP contribution in [0.5, 0.6) is 11.5 Å². The Morgan fingerprint density at radius 1 is 1.05 bits per heavy atom. The number of halogens is 1. The molecular weight excluding hydrogens is 532 g/mol. The summed E-state index contributed by atoms with van der Waals surface area (Å²) in [5.74, 6) is -2.10. The van der Waals surface area contributed by atoms with E-state index in [-0.39, 0.29) is 22.8 Å². The van der Waals surface area contributed by atoms with E-state index in [9.17, 15) is 19.8 Å². The number of carbonyl (C=O) groups is 2. The van der Waals surface area contributed by atoms with Gasteiger partial charge in [-0.1, -0.05) is 29.8 Å². The molecule has 0 radical (unpaired) electrons. The Morgan fingerprint density at radius 3 is 2.40 bits per heavy atom. The zero-order chi connectivity index (χ0) is 28.7. The molecule has 4 aromatic rings.